The van der Waals surface area contributed by atoms with Crippen LogP contribution in [0.1, 0.15) is 26.2 Å². The van der Waals surface area contributed by atoms with Crippen LogP contribution in [0.4, 0.5) is 0 Å². The zero-order chi connectivity index (χ0) is 12.7. The molecule has 0 aromatic rings. The summed E-state index contributed by atoms with van der Waals surface area (Å²) in [6.45, 7) is 4.60. The second kappa shape index (κ2) is 7.31. The molecule has 0 aliphatic carbocycles. The number of hydrogen-bond donors (Lipinski definition) is 2. The predicted molar refractivity (Wildman–Crippen MR) is 68.3 cm³/mol. The first-order chi connectivity index (χ1) is 8.10. The molecule has 2 N–H and O–H groups in total. The first-order valence-electron chi connectivity index (χ1n) is 6.39. The smallest absolute Gasteiger partial charge is 0.214 e. The van der Waals surface area contributed by atoms with Crippen molar-refractivity contribution in [2.75, 3.05) is 38.5 Å². The van der Waals surface area contributed by atoms with Crippen molar-refractivity contribution in [3.8, 4) is 0 Å². The van der Waals surface area contributed by atoms with E-state index in [2.05, 4.69) is 5.32 Å². The van der Waals surface area contributed by atoms with Crippen molar-refractivity contribution in [1.29, 1.82) is 0 Å². The number of rotatable bonds is 7. The molecule has 0 saturated carbocycles. The molecule has 0 bridgehead atoms. The zero-order valence-corrected chi connectivity index (χ0v) is 11.4. The number of piperidine rings is 1. The van der Waals surface area contributed by atoms with E-state index < -0.39 is 10.0 Å². The number of sulfonamides is 1. The van der Waals surface area contributed by atoms with Crippen LogP contribution < -0.4 is 5.32 Å². The zero-order valence-electron chi connectivity index (χ0n) is 10.6. The van der Waals surface area contributed by atoms with Gasteiger partial charge in [-0.1, -0.05) is 6.92 Å². The summed E-state index contributed by atoms with van der Waals surface area (Å²) < 4.78 is 25.8. The van der Waals surface area contributed by atoms with Crippen molar-refractivity contribution in [3.05, 3.63) is 0 Å². The van der Waals surface area contributed by atoms with Gasteiger partial charge in [0.15, 0.2) is 0 Å². The van der Waals surface area contributed by atoms with E-state index in [0.29, 0.717) is 19.5 Å². The van der Waals surface area contributed by atoms with Gasteiger partial charge in [0, 0.05) is 19.7 Å². The summed E-state index contributed by atoms with van der Waals surface area (Å²) in [4.78, 5) is 0. The molecule has 0 amide bonds. The van der Waals surface area contributed by atoms with Crippen LogP contribution >= 0.6 is 0 Å². The highest BCUT2D eigenvalue weighted by molar-refractivity contribution is 7.89. The molecule has 1 atom stereocenters. The van der Waals surface area contributed by atoms with Crippen LogP contribution in [0.3, 0.4) is 0 Å². The maximum Gasteiger partial charge on any atom is 0.214 e. The fraction of sp³-hybridized carbons (Fsp3) is 1.00. The van der Waals surface area contributed by atoms with E-state index in [1.165, 1.54) is 4.31 Å². The van der Waals surface area contributed by atoms with Gasteiger partial charge in [0.2, 0.25) is 10.0 Å². The topological polar surface area (TPSA) is 69.6 Å². The van der Waals surface area contributed by atoms with Gasteiger partial charge in [-0.2, -0.15) is 0 Å². The van der Waals surface area contributed by atoms with Crippen molar-refractivity contribution < 1.29 is 13.5 Å². The fourth-order valence-corrected chi connectivity index (χ4v) is 4.10. The molecule has 5 nitrogen and oxygen atoms in total. The minimum Gasteiger partial charge on any atom is -0.396 e. The third kappa shape index (κ3) is 4.91. The van der Waals surface area contributed by atoms with Crippen molar-refractivity contribution in [3.63, 3.8) is 0 Å². The van der Waals surface area contributed by atoms with E-state index in [1.54, 1.807) is 0 Å². The lowest BCUT2D eigenvalue weighted by Crippen LogP contribution is -2.40. The quantitative estimate of drug-likeness (QED) is 0.680. The molecule has 1 saturated heterocycles. The lowest BCUT2D eigenvalue weighted by molar-refractivity contribution is 0.270. The second-order valence-electron chi connectivity index (χ2n) is 4.56. The van der Waals surface area contributed by atoms with Gasteiger partial charge in [0.1, 0.15) is 0 Å². The predicted octanol–water partition coefficient (Wildman–Crippen LogP) is 0.0201. The SMILES string of the molecule is CCN(CCCO)S(=O)(=O)CC1CCCNC1. The third-order valence-corrected chi connectivity index (χ3v) is 5.28. The normalized spacial score (nSPS) is 21.9. The Bertz CT molecular complexity index is 300. The maximum absolute atomic E-state index is 12.2. The van der Waals surface area contributed by atoms with Crippen molar-refractivity contribution in [2.45, 2.75) is 26.2 Å². The molecule has 6 heteroatoms. The lowest BCUT2D eigenvalue weighted by atomic mass is 10.0. The Balaban J connectivity index is 2.51. The Morgan fingerprint density at radius 2 is 2.24 bits per heavy atom. The van der Waals surface area contributed by atoms with Crippen molar-refractivity contribution in [1.82, 2.24) is 9.62 Å². The second-order valence-corrected chi connectivity index (χ2v) is 6.57. The first-order valence-corrected chi connectivity index (χ1v) is 8.00. The first kappa shape index (κ1) is 14.9. The number of aliphatic hydroxyl groups is 1. The molecule has 0 radical (unpaired) electrons. The molecule has 1 aliphatic rings. The van der Waals surface area contributed by atoms with Crippen LogP contribution in [0, 0.1) is 5.92 Å². The van der Waals surface area contributed by atoms with Crippen LogP contribution in [0.25, 0.3) is 0 Å². The summed E-state index contributed by atoms with van der Waals surface area (Å²) in [5.41, 5.74) is 0. The molecule has 1 rings (SSSR count). The third-order valence-electron chi connectivity index (χ3n) is 3.16. The summed E-state index contributed by atoms with van der Waals surface area (Å²) in [5, 5.41) is 12.0. The summed E-state index contributed by atoms with van der Waals surface area (Å²) in [5.74, 6) is 0.469. The van der Waals surface area contributed by atoms with Gasteiger partial charge in [0.25, 0.3) is 0 Å². The van der Waals surface area contributed by atoms with E-state index >= 15 is 0 Å². The molecule has 1 aliphatic heterocycles. The molecule has 0 aromatic heterocycles. The minimum atomic E-state index is -3.16. The van der Waals surface area contributed by atoms with Gasteiger partial charge in [-0.05, 0) is 38.3 Å². The summed E-state index contributed by atoms with van der Waals surface area (Å²) in [7, 11) is -3.16. The van der Waals surface area contributed by atoms with Gasteiger partial charge in [-0.15, -0.1) is 0 Å². The molecule has 1 fully saturated rings. The van der Waals surface area contributed by atoms with E-state index in [9.17, 15) is 8.42 Å². The molecular formula is C11H24N2O3S. The van der Waals surface area contributed by atoms with E-state index in [-0.39, 0.29) is 18.3 Å². The highest BCUT2D eigenvalue weighted by atomic mass is 32.2. The monoisotopic (exact) mass is 264 g/mol. The number of aliphatic hydroxyl groups excluding tert-OH is 1. The number of nitrogens with zero attached hydrogens (tertiary/aromatic N) is 1. The van der Waals surface area contributed by atoms with Crippen LogP contribution in [-0.2, 0) is 10.0 Å². The number of hydrogen-bond acceptors (Lipinski definition) is 4. The maximum atomic E-state index is 12.2. The highest BCUT2D eigenvalue weighted by Crippen LogP contribution is 2.15. The number of nitrogens with one attached hydrogen (secondary N) is 1. The van der Waals surface area contributed by atoms with Crippen molar-refractivity contribution >= 4 is 10.0 Å². The van der Waals surface area contributed by atoms with Gasteiger partial charge in [-0.3, -0.25) is 0 Å². The van der Waals surface area contributed by atoms with E-state index in [4.69, 9.17) is 5.11 Å². The molecule has 1 heterocycles. The largest absolute Gasteiger partial charge is 0.396 e. The van der Waals surface area contributed by atoms with Crippen LogP contribution in [0.2, 0.25) is 0 Å². The Kier molecular flexibility index (Phi) is 6.40. The lowest BCUT2D eigenvalue weighted by Gasteiger charge is -2.26. The average Bonchev–Trinajstić information content (AvgIpc) is 2.30. The summed E-state index contributed by atoms with van der Waals surface area (Å²) in [6, 6.07) is 0. The van der Waals surface area contributed by atoms with Gasteiger partial charge in [-0.25, -0.2) is 12.7 Å². The summed E-state index contributed by atoms with van der Waals surface area (Å²) in [6.07, 6.45) is 2.56. The molecular weight excluding hydrogens is 240 g/mol. The van der Waals surface area contributed by atoms with Crippen LogP contribution in [0.5, 0.6) is 0 Å². The Hall–Kier alpha value is -0.170. The Morgan fingerprint density at radius 1 is 1.47 bits per heavy atom. The molecule has 0 aromatic carbocycles. The minimum absolute atomic E-state index is 0.0387. The van der Waals surface area contributed by atoms with Crippen LogP contribution in [0.15, 0.2) is 0 Å². The Morgan fingerprint density at radius 3 is 2.76 bits per heavy atom. The van der Waals surface area contributed by atoms with E-state index in [1.807, 2.05) is 6.92 Å². The Labute approximate surface area is 104 Å². The van der Waals surface area contributed by atoms with Gasteiger partial charge < -0.3 is 10.4 Å². The molecule has 0 spiro atoms. The fourth-order valence-electron chi connectivity index (χ4n) is 2.21. The molecule has 1 unspecified atom stereocenters. The van der Waals surface area contributed by atoms with Gasteiger partial charge >= 0.3 is 0 Å². The highest BCUT2D eigenvalue weighted by Gasteiger charge is 2.25. The summed E-state index contributed by atoms with van der Waals surface area (Å²) >= 11 is 0. The van der Waals surface area contributed by atoms with Crippen LogP contribution in [-0.4, -0.2) is 56.4 Å². The standard InChI is InChI=1S/C11H24N2O3S/c1-2-13(7-4-8-14)17(15,16)10-11-5-3-6-12-9-11/h11-12,14H,2-10H2,1H3. The van der Waals surface area contributed by atoms with Gasteiger partial charge in [0.05, 0.1) is 5.75 Å². The molecule has 17 heavy (non-hydrogen) atoms. The van der Waals surface area contributed by atoms with Crippen molar-refractivity contribution in [2.24, 2.45) is 5.92 Å². The average molecular weight is 264 g/mol. The van der Waals surface area contributed by atoms with E-state index in [0.717, 1.165) is 25.9 Å². The molecule has 102 valence electrons.